The van der Waals surface area contributed by atoms with E-state index in [9.17, 15) is 4.39 Å². The largest absolute Gasteiger partial charge is 0.356 e. The van der Waals surface area contributed by atoms with Crippen molar-refractivity contribution >= 4 is 29.2 Å². The molecule has 0 bridgehead atoms. The van der Waals surface area contributed by atoms with E-state index in [0.29, 0.717) is 35.6 Å². The van der Waals surface area contributed by atoms with Crippen LogP contribution < -0.4 is 10.6 Å². The lowest BCUT2D eigenvalue weighted by molar-refractivity contribution is 0.470. The van der Waals surface area contributed by atoms with Gasteiger partial charge < -0.3 is 15.2 Å². The molecular weight excluding hydrogens is 278 g/mol. The first kappa shape index (κ1) is 15.1. The van der Waals surface area contributed by atoms with Gasteiger partial charge >= 0.3 is 0 Å². The summed E-state index contributed by atoms with van der Waals surface area (Å²) in [5.74, 6) is 0.622. The summed E-state index contributed by atoms with van der Waals surface area (Å²) in [7, 11) is 3.50. The molecule has 0 radical (unpaired) electrons. The fourth-order valence-corrected chi connectivity index (χ4v) is 1.84. The minimum atomic E-state index is -0.340. The molecule has 0 aromatic carbocycles. The van der Waals surface area contributed by atoms with Crippen LogP contribution in [0.1, 0.15) is 12.1 Å². The van der Waals surface area contributed by atoms with E-state index in [-0.39, 0.29) is 6.67 Å². The summed E-state index contributed by atoms with van der Waals surface area (Å²) in [4.78, 5) is 4.03. The van der Waals surface area contributed by atoms with Crippen LogP contribution in [0.3, 0.4) is 0 Å². The Morgan fingerprint density at radius 3 is 2.67 bits per heavy atom. The smallest absolute Gasteiger partial charge is 0.191 e. The SMILES string of the molecule is CN=C(NCCCF)NCc1cc(Cl)c(Cl)n1C. The van der Waals surface area contributed by atoms with Crippen LogP contribution in [-0.4, -0.2) is 30.8 Å². The van der Waals surface area contributed by atoms with Crippen LogP contribution in [0.2, 0.25) is 10.2 Å². The predicted octanol–water partition coefficient (Wildman–Crippen LogP) is 2.36. The van der Waals surface area contributed by atoms with Gasteiger partial charge in [0, 0.05) is 26.3 Å². The predicted molar refractivity (Wildman–Crippen MR) is 74.2 cm³/mol. The van der Waals surface area contributed by atoms with Gasteiger partial charge in [0.2, 0.25) is 0 Å². The summed E-state index contributed by atoms with van der Waals surface area (Å²) in [5.41, 5.74) is 0.943. The number of guanidine groups is 1. The van der Waals surface area contributed by atoms with E-state index in [2.05, 4.69) is 15.6 Å². The van der Waals surface area contributed by atoms with Crippen LogP contribution in [0, 0.1) is 0 Å². The van der Waals surface area contributed by atoms with Crippen LogP contribution in [0.5, 0.6) is 0 Å². The Hall–Kier alpha value is -0.940. The number of hydrogen-bond donors (Lipinski definition) is 2. The van der Waals surface area contributed by atoms with E-state index in [1.54, 1.807) is 17.7 Å². The van der Waals surface area contributed by atoms with Crippen molar-refractivity contribution in [3.8, 4) is 0 Å². The van der Waals surface area contributed by atoms with Gasteiger partial charge in [-0.2, -0.15) is 0 Å². The Morgan fingerprint density at radius 1 is 1.44 bits per heavy atom. The van der Waals surface area contributed by atoms with Crippen molar-refractivity contribution in [3.05, 3.63) is 21.9 Å². The summed E-state index contributed by atoms with van der Waals surface area (Å²) in [5, 5.41) is 7.14. The molecular formula is C11H17Cl2FN4. The molecule has 0 aliphatic rings. The molecule has 18 heavy (non-hydrogen) atoms. The molecule has 0 atom stereocenters. The minimum Gasteiger partial charge on any atom is -0.356 e. The number of nitrogens with one attached hydrogen (secondary N) is 2. The lowest BCUT2D eigenvalue weighted by Gasteiger charge is -2.11. The quantitative estimate of drug-likeness (QED) is 0.497. The van der Waals surface area contributed by atoms with Gasteiger partial charge in [-0.1, -0.05) is 23.2 Å². The number of rotatable bonds is 5. The molecule has 0 aliphatic heterocycles. The topological polar surface area (TPSA) is 41.4 Å². The molecule has 1 heterocycles. The second-order valence-electron chi connectivity index (χ2n) is 3.73. The highest BCUT2D eigenvalue weighted by Gasteiger charge is 2.08. The van der Waals surface area contributed by atoms with Crippen LogP contribution >= 0.6 is 23.2 Å². The van der Waals surface area contributed by atoms with E-state index >= 15 is 0 Å². The Kier molecular flexibility index (Phi) is 6.29. The van der Waals surface area contributed by atoms with Crippen molar-refractivity contribution in [3.63, 3.8) is 0 Å². The maximum absolute atomic E-state index is 12.0. The summed E-state index contributed by atoms with van der Waals surface area (Å²) in [6.45, 7) is 0.746. The van der Waals surface area contributed by atoms with E-state index < -0.39 is 0 Å². The molecule has 2 N–H and O–H groups in total. The van der Waals surface area contributed by atoms with Crippen molar-refractivity contribution in [2.45, 2.75) is 13.0 Å². The summed E-state index contributed by atoms with van der Waals surface area (Å²) < 4.78 is 13.8. The molecule has 0 saturated heterocycles. The van der Waals surface area contributed by atoms with E-state index in [1.807, 2.05) is 7.05 Å². The number of aromatic nitrogens is 1. The summed E-state index contributed by atoms with van der Waals surface area (Å²) in [6.07, 6.45) is 0.461. The molecule has 1 aromatic heterocycles. The van der Waals surface area contributed by atoms with Gasteiger partial charge in [0.1, 0.15) is 5.15 Å². The second-order valence-corrected chi connectivity index (χ2v) is 4.49. The first-order valence-electron chi connectivity index (χ1n) is 5.60. The van der Waals surface area contributed by atoms with Crippen molar-refractivity contribution in [2.75, 3.05) is 20.3 Å². The lowest BCUT2D eigenvalue weighted by Crippen LogP contribution is -2.37. The van der Waals surface area contributed by atoms with E-state index in [1.165, 1.54) is 0 Å². The zero-order valence-corrected chi connectivity index (χ0v) is 11.9. The fourth-order valence-electron chi connectivity index (χ4n) is 1.43. The average molecular weight is 295 g/mol. The Labute approximate surface area is 116 Å². The zero-order valence-electron chi connectivity index (χ0n) is 10.4. The highest BCUT2D eigenvalue weighted by Crippen LogP contribution is 2.24. The van der Waals surface area contributed by atoms with Gasteiger partial charge in [-0.15, -0.1) is 0 Å². The maximum atomic E-state index is 12.0. The number of hydrogen-bond acceptors (Lipinski definition) is 1. The number of nitrogens with zero attached hydrogens (tertiary/aromatic N) is 2. The molecule has 4 nitrogen and oxygen atoms in total. The molecule has 0 spiro atoms. The van der Waals surface area contributed by atoms with Crippen LogP contribution in [0.15, 0.2) is 11.1 Å². The van der Waals surface area contributed by atoms with E-state index in [4.69, 9.17) is 23.2 Å². The molecule has 1 aromatic rings. The third-order valence-corrected chi connectivity index (χ3v) is 3.32. The maximum Gasteiger partial charge on any atom is 0.191 e. The van der Waals surface area contributed by atoms with Gasteiger partial charge in [0.05, 0.1) is 18.2 Å². The number of alkyl halides is 1. The third kappa shape index (κ3) is 4.07. The van der Waals surface area contributed by atoms with Crippen LogP contribution in [0.4, 0.5) is 4.39 Å². The normalized spacial score (nSPS) is 11.7. The van der Waals surface area contributed by atoms with E-state index in [0.717, 1.165) is 5.69 Å². The highest BCUT2D eigenvalue weighted by molar-refractivity contribution is 6.41. The first-order valence-corrected chi connectivity index (χ1v) is 6.35. The fraction of sp³-hybridized carbons (Fsp3) is 0.545. The molecule has 102 valence electrons. The number of aliphatic imine (C=N–C) groups is 1. The second kappa shape index (κ2) is 7.48. The average Bonchev–Trinajstić information content (AvgIpc) is 2.61. The minimum absolute atomic E-state index is 0.340. The molecule has 7 heteroatoms. The summed E-state index contributed by atoms with van der Waals surface area (Å²) in [6, 6.07) is 1.80. The third-order valence-electron chi connectivity index (χ3n) is 2.48. The monoisotopic (exact) mass is 294 g/mol. The summed E-state index contributed by atoms with van der Waals surface area (Å²) >= 11 is 11.9. The zero-order chi connectivity index (χ0) is 13.5. The van der Waals surface area contributed by atoms with Gasteiger partial charge in [-0.25, -0.2) is 0 Å². The standard InChI is InChI=1S/C11H17Cl2FN4/c1-15-11(16-5-3-4-14)17-7-8-6-9(12)10(13)18(8)2/h6H,3-5,7H2,1-2H3,(H2,15,16,17). The van der Waals surface area contributed by atoms with Crippen molar-refractivity contribution in [1.29, 1.82) is 0 Å². The van der Waals surface area contributed by atoms with Crippen LogP contribution in [0.25, 0.3) is 0 Å². The number of halogens is 3. The first-order chi connectivity index (χ1) is 8.60. The lowest BCUT2D eigenvalue weighted by atomic mass is 10.4. The molecule has 0 amide bonds. The Bertz CT molecular complexity index is 417. The van der Waals surface area contributed by atoms with Gasteiger partial charge in [-0.3, -0.25) is 9.38 Å². The van der Waals surface area contributed by atoms with Crippen molar-refractivity contribution in [1.82, 2.24) is 15.2 Å². The molecule has 0 aliphatic carbocycles. The van der Waals surface area contributed by atoms with Gasteiger partial charge in [0.25, 0.3) is 0 Å². The molecule has 0 fully saturated rings. The molecule has 0 unspecified atom stereocenters. The Balaban J connectivity index is 2.50. The Morgan fingerprint density at radius 2 is 2.17 bits per heavy atom. The van der Waals surface area contributed by atoms with Crippen LogP contribution in [-0.2, 0) is 13.6 Å². The molecule has 1 rings (SSSR count). The van der Waals surface area contributed by atoms with Gasteiger partial charge in [0.15, 0.2) is 5.96 Å². The van der Waals surface area contributed by atoms with Crippen molar-refractivity contribution < 1.29 is 4.39 Å². The molecule has 0 saturated carbocycles. The van der Waals surface area contributed by atoms with Gasteiger partial charge in [-0.05, 0) is 12.5 Å². The highest BCUT2D eigenvalue weighted by atomic mass is 35.5. The van der Waals surface area contributed by atoms with Crippen molar-refractivity contribution in [2.24, 2.45) is 12.0 Å².